The lowest BCUT2D eigenvalue weighted by atomic mass is 10.1. The first-order valence-electron chi connectivity index (χ1n) is 9.01. The van der Waals surface area contributed by atoms with Crippen molar-refractivity contribution in [2.24, 2.45) is 4.99 Å². The van der Waals surface area contributed by atoms with Crippen LogP contribution in [0.2, 0.25) is 0 Å². The Bertz CT molecular complexity index is 536. The Kier molecular flexibility index (Phi) is 7.37. The average Bonchev–Trinajstić information content (AvgIpc) is 2.61. The fraction of sp³-hybridized carbons (Fsp3) is 0.632. The maximum atomic E-state index is 5.38. The standard InChI is InChI=1S/C19H32N4O/c1-5-24-15-7-10-21-19(20-4)23-13-11-22(12-14-23)18-9-6-8-16(2)17(18)3/h6,8-9H,5,7,10-15H2,1-4H3,(H,20,21). The number of aliphatic imine (C=N–C) groups is 1. The van der Waals surface area contributed by atoms with E-state index in [1.807, 2.05) is 14.0 Å². The van der Waals surface area contributed by atoms with Gasteiger partial charge in [-0.25, -0.2) is 0 Å². The van der Waals surface area contributed by atoms with Crippen molar-refractivity contribution in [1.29, 1.82) is 0 Å². The molecule has 0 atom stereocenters. The van der Waals surface area contributed by atoms with E-state index in [0.29, 0.717) is 0 Å². The van der Waals surface area contributed by atoms with E-state index in [2.05, 4.69) is 52.2 Å². The second-order valence-corrected chi connectivity index (χ2v) is 6.22. The predicted octanol–water partition coefficient (Wildman–Crippen LogP) is 2.43. The van der Waals surface area contributed by atoms with Crippen LogP contribution in [-0.4, -0.2) is 63.8 Å². The van der Waals surface area contributed by atoms with Gasteiger partial charge in [0.05, 0.1) is 0 Å². The van der Waals surface area contributed by atoms with Crippen molar-refractivity contribution < 1.29 is 4.74 Å². The molecule has 0 amide bonds. The van der Waals surface area contributed by atoms with E-state index in [9.17, 15) is 0 Å². The zero-order chi connectivity index (χ0) is 17.4. The fourth-order valence-electron chi connectivity index (χ4n) is 3.09. The van der Waals surface area contributed by atoms with Gasteiger partial charge in [-0.3, -0.25) is 4.99 Å². The van der Waals surface area contributed by atoms with E-state index >= 15 is 0 Å². The van der Waals surface area contributed by atoms with Gasteiger partial charge in [-0.15, -0.1) is 0 Å². The van der Waals surface area contributed by atoms with Gasteiger partial charge in [0.25, 0.3) is 0 Å². The summed E-state index contributed by atoms with van der Waals surface area (Å²) in [5.74, 6) is 1.01. The van der Waals surface area contributed by atoms with Crippen molar-refractivity contribution in [2.45, 2.75) is 27.2 Å². The van der Waals surface area contributed by atoms with Gasteiger partial charge >= 0.3 is 0 Å². The Morgan fingerprint density at radius 3 is 2.62 bits per heavy atom. The van der Waals surface area contributed by atoms with Crippen LogP contribution in [0.5, 0.6) is 0 Å². The molecule has 1 saturated heterocycles. The summed E-state index contributed by atoms with van der Waals surface area (Å²) in [6.45, 7) is 13.0. The molecule has 0 spiro atoms. The first-order valence-corrected chi connectivity index (χ1v) is 9.01. The highest BCUT2D eigenvalue weighted by atomic mass is 16.5. The number of anilines is 1. The van der Waals surface area contributed by atoms with E-state index in [1.54, 1.807) is 0 Å². The minimum Gasteiger partial charge on any atom is -0.382 e. The molecule has 1 aliphatic heterocycles. The lowest BCUT2D eigenvalue weighted by Gasteiger charge is -2.38. The van der Waals surface area contributed by atoms with Crippen molar-refractivity contribution in [3.05, 3.63) is 29.3 Å². The molecule has 0 saturated carbocycles. The van der Waals surface area contributed by atoms with Gasteiger partial charge in [-0.05, 0) is 44.4 Å². The molecule has 1 heterocycles. The molecule has 0 unspecified atom stereocenters. The third kappa shape index (κ3) is 4.87. The van der Waals surface area contributed by atoms with Gasteiger partial charge in [0.1, 0.15) is 0 Å². The topological polar surface area (TPSA) is 40.1 Å². The SMILES string of the molecule is CCOCCCNC(=NC)N1CCN(c2cccc(C)c2C)CC1. The van der Waals surface area contributed by atoms with Crippen LogP contribution in [0.1, 0.15) is 24.5 Å². The zero-order valence-electron chi connectivity index (χ0n) is 15.6. The first kappa shape index (κ1) is 18.6. The molecule has 134 valence electrons. The van der Waals surface area contributed by atoms with Crippen LogP contribution in [0, 0.1) is 13.8 Å². The van der Waals surface area contributed by atoms with Crippen LogP contribution in [-0.2, 0) is 4.74 Å². The van der Waals surface area contributed by atoms with E-state index in [4.69, 9.17) is 4.74 Å². The van der Waals surface area contributed by atoms with Gasteiger partial charge in [-0.1, -0.05) is 12.1 Å². The van der Waals surface area contributed by atoms with Gasteiger partial charge < -0.3 is 19.9 Å². The molecule has 1 aromatic carbocycles. The first-order chi connectivity index (χ1) is 11.7. The van der Waals surface area contributed by atoms with E-state index in [-0.39, 0.29) is 0 Å². The number of nitrogens with one attached hydrogen (secondary N) is 1. The summed E-state index contributed by atoms with van der Waals surface area (Å²) < 4.78 is 5.38. The fourth-order valence-corrected chi connectivity index (χ4v) is 3.09. The number of aryl methyl sites for hydroxylation is 1. The van der Waals surface area contributed by atoms with Crippen LogP contribution in [0.4, 0.5) is 5.69 Å². The Hall–Kier alpha value is -1.75. The highest BCUT2D eigenvalue weighted by molar-refractivity contribution is 5.80. The summed E-state index contributed by atoms with van der Waals surface area (Å²) in [4.78, 5) is 9.27. The van der Waals surface area contributed by atoms with Gasteiger partial charge in [0.2, 0.25) is 0 Å². The maximum Gasteiger partial charge on any atom is 0.193 e. The average molecular weight is 332 g/mol. The molecule has 0 aliphatic carbocycles. The molecule has 2 rings (SSSR count). The molecule has 24 heavy (non-hydrogen) atoms. The number of ether oxygens (including phenoxy) is 1. The molecule has 1 N–H and O–H groups in total. The van der Waals surface area contributed by atoms with Crippen LogP contribution < -0.4 is 10.2 Å². The van der Waals surface area contributed by atoms with E-state index in [1.165, 1.54) is 16.8 Å². The van der Waals surface area contributed by atoms with Crippen molar-refractivity contribution >= 4 is 11.6 Å². The highest BCUT2D eigenvalue weighted by Gasteiger charge is 2.20. The number of nitrogens with zero attached hydrogens (tertiary/aromatic N) is 3. The second-order valence-electron chi connectivity index (χ2n) is 6.22. The lowest BCUT2D eigenvalue weighted by Crippen LogP contribution is -2.52. The van der Waals surface area contributed by atoms with Crippen LogP contribution in [0.15, 0.2) is 23.2 Å². The summed E-state index contributed by atoms with van der Waals surface area (Å²) in [6, 6.07) is 6.57. The quantitative estimate of drug-likeness (QED) is 0.493. The number of piperazine rings is 1. The smallest absolute Gasteiger partial charge is 0.193 e. The second kappa shape index (κ2) is 9.52. The third-order valence-electron chi connectivity index (χ3n) is 4.66. The highest BCUT2D eigenvalue weighted by Crippen LogP contribution is 2.23. The molecule has 1 fully saturated rings. The van der Waals surface area contributed by atoms with Crippen LogP contribution in [0.25, 0.3) is 0 Å². The number of benzene rings is 1. The Balaban J connectivity index is 1.83. The van der Waals surface area contributed by atoms with Crippen LogP contribution in [0.3, 0.4) is 0 Å². The number of hydrogen-bond acceptors (Lipinski definition) is 3. The minimum absolute atomic E-state index is 0.787. The van der Waals surface area contributed by atoms with Crippen molar-refractivity contribution in [3.8, 4) is 0 Å². The summed E-state index contributed by atoms with van der Waals surface area (Å²) >= 11 is 0. The van der Waals surface area contributed by atoms with Crippen molar-refractivity contribution in [1.82, 2.24) is 10.2 Å². The summed E-state index contributed by atoms with van der Waals surface area (Å²) in [6.07, 6.45) is 1.01. The molecule has 0 aromatic heterocycles. The molecular formula is C19H32N4O. The van der Waals surface area contributed by atoms with Gasteiger partial charge in [0.15, 0.2) is 5.96 Å². The summed E-state index contributed by atoms with van der Waals surface area (Å²) in [5.41, 5.74) is 4.13. The monoisotopic (exact) mass is 332 g/mol. The summed E-state index contributed by atoms with van der Waals surface area (Å²) in [5, 5.41) is 3.45. The maximum absolute atomic E-state index is 5.38. The molecular weight excluding hydrogens is 300 g/mol. The summed E-state index contributed by atoms with van der Waals surface area (Å²) in [7, 11) is 1.86. The lowest BCUT2D eigenvalue weighted by molar-refractivity contribution is 0.145. The predicted molar refractivity (Wildman–Crippen MR) is 102 cm³/mol. The number of hydrogen-bond donors (Lipinski definition) is 1. The minimum atomic E-state index is 0.787. The van der Waals surface area contributed by atoms with Crippen molar-refractivity contribution in [3.63, 3.8) is 0 Å². The zero-order valence-corrected chi connectivity index (χ0v) is 15.6. The number of guanidine groups is 1. The van der Waals surface area contributed by atoms with E-state index in [0.717, 1.165) is 58.3 Å². The number of rotatable bonds is 6. The third-order valence-corrected chi connectivity index (χ3v) is 4.66. The molecule has 1 aromatic rings. The Morgan fingerprint density at radius 1 is 1.21 bits per heavy atom. The Morgan fingerprint density at radius 2 is 1.96 bits per heavy atom. The normalized spacial score (nSPS) is 15.8. The molecule has 0 radical (unpaired) electrons. The molecule has 5 heteroatoms. The molecule has 5 nitrogen and oxygen atoms in total. The largest absolute Gasteiger partial charge is 0.382 e. The van der Waals surface area contributed by atoms with Gasteiger partial charge in [-0.2, -0.15) is 0 Å². The Labute approximate surface area is 146 Å². The van der Waals surface area contributed by atoms with Crippen molar-refractivity contribution in [2.75, 3.05) is 57.9 Å². The molecule has 0 bridgehead atoms. The van der Waals surface area contributed by atoms with E-state index < -0.39 is 0 Å². The van der Waals surface area contributed by atoms with Gasteiger partial charge in [0, 0.05) is 58.7 Å². The molecule has 1 aliphatic rings. The van der Waals surface area contributed by atoms with Crippen LogP contribution >= 0.6 is 0 Å².